The molecule has 0 spiro atoms. The molecule has 1 fully saturated rings. The fourth-order valence-electron chi connectivity index (χ4n) is 1.91. The molecular formula is C10H13FN2O5S. The normalized spacial score (nSPS) is 34.7. The fourth-order valence-corrected chi connectivity index (χ4v) is 3.28. The lowest BCUT2D eigenvalue weighted by molar-refractivity contribution is -0.173. The van der Waals surface area contributed by atoms with Crippen molar-refractivity contribution in [3.8, 4) is 0 Å². The number of hydrogen-bond acceptors (Lipinski definition) is 6. The second-order valence-corrected chi connectivity index (χ2v) is 5.68. The molecule has 1 aromatic heterocycles. The van der Waals surface area contributed by atoms with Crippen LogP contribution in [-0.2, 0) is 0 Å². The van der Waals surface area contributed by atoms with Crippen LogP contribution in [0.1, 0.15) is 10.9 Å². The molecule has 0 radical (unpaired) electrons. The Balaban J connectivity index is 2.51. The predicted molar refractivity (Wildman–Crippen MR) is 65.6 cm³/mol. The lowest BCUT2D eigenvalue weighted by atomic mass is 10.1. The molecule has 1 saturated heterocycles. The van der Waals surface area contributed by atoms with Gasteiger partial charge in [0.2, 0.25) is 0 Å². The first-order valence-electron chi connectivity index (χ1n) is 5.46. The summed E-state index contributed by atoms with van der Waals surface area (Å²) in [6, 6.07) is 0. The molecule has 2 rings (SSSR count). The summed E-state index contributed by atoms with van der Waals surface area (Å²) < 4.78 is 14.9. The van der Waals surface area contributed by atoms with Gasteiger partial charge in [0.1, 0.15) is 11.5 Å². The van der Waals surface area contributed by atoms with E-state index in [2.05, 4.69) is 0 Å². The summed E-state index contributed by atoms with van der Waals surface area (Å²) in [6.45, 7) is 0.872. The van der Waals surface area contributed by atoms with Crippen molar-refractivity contribution in [3.05, 3.63) is 32.6 Å². The molecule has 0 bridgehead atoms. The molecule has 2 heterocycles. The van der Waals surface area contributed by atoms with E-state index < -0.39 is 40.4 Å². The maximum Gasteiger partial charge on any atom is 0.329 e. The minimum atomic E-state index is -3.08. The van der Waals surface area contributed by atoms with Crippen LogP contribution in [0.2, 0.25) is 0 Å². The van der Waals surface area contributed by atoms with Gasteiger partial charge in [0.25, 0.3) is 11.4 Å². The van der Waals surface area contributed by atoms with Crippen molar-refractivity contribution in [2.45, 2.75) is 29.5 Å². The summed E-state index contributed by atoms with van der Waals surface area (Å²) in [5.74, 6) is -3.08. The standard InChI is InChI=1S/C10H13FN2O5S/c1-4-2-13(9(17)12-7(4)16)8-10(11,18)6(15)5(3-14)19-8/h2,5-6,8,14-15,18H,3H2,1H3,(H,12,16,17)/t5-,6-,8-,10+/m1/s1. The molecule has 0 unspecified atom stereocenters. The second kappa shape index (κ2) is 4.75. The molecule has 106 valence electrons. The van der Waals surface area contributed by atoms with E-state index in [0.717, 1.165) is 22.5 Å². The number of aliphatic hydroxyl groups is 3. The minimum absolute atomic E-state index is 0.165. The van der Waals surface area contributed by atoms with Crippen LogP contribution in [-0.4, -0.2) is 48.7 Å². The molecule has 19 heavy (non-hydrogen) atoms. The third-order valence-corrected chi connectivity index (χ3v) is 4.57. The van der Waals surface area contributed by atoms with Gasteiger partial charge in [-0.25, -0.2) is 9.18 Å². The van der Waals surface area contributed by atoms with Crippen LogP contribution in [0.25, 0.3) is 0 Å². The van der Waals surface area contributed by atoms with Crippen molar-refractivity contribution in [1.29, 1.82) is 0 Å². The van der Waals surface area contributed by atoms with E-state index in [1.165, 1.54) is 6.92 Å². The quantitative estimate of drug-likeness (QED) is 0.526. The predicted octanol–water partition coefficient (Wildman–Crippen LogP) is -1.53. The number of nitrogens with zero attached hydrogens (tertiary/aromatic N) is 1. The molecule has 1 aliphatic rings. The van der Waals surface area contributed by atoms with Crippen LogP contribution in [0, 0.1) is 6.92 Å². The lowest BCUT2D eigenvalue weighted by Crippen LogP contribution is -2.45. The monoisotopic (exact) mass is 292 g/mol. The average molecular weight is 292 g/mol. The van der Waals surface area contributed by atoms with Crippen LogP contribution < -0.4 is 11.2 Å². The molecular weight excluding hydrogens is 279 g/mol. The van der Waals surface area contributed by atoms with E-state index >= 15 is 0 Å². The van der Waals surface area contributed by atoms with Crippen molar-refractivity contribution in [2.24, 2.45) is 0 Å². The van der Waals surface area contributed by atoms with Crippen LogP contribution in [0.4, 0.5) is 4.39 Å². The number of aromatic nitrogens is 2. The van der Waals surface area contributed by atoms with Gasteiger partial charge in [0.05, 0.1) is 11.9 Å². The fraction of sp³-hybridized carbons (Fsp3) is 0.600. The molecule has 1 aliphatic heterocycles. The highest BCUT2D eigenvalue weighted by Crippen LogP contribution is 2.48. The zero-order chi connectivity index (χ0) is 14.4. The largest absolute Gasteiger partial charge is 0.395 e. The van der Waals surface area contributed by atoms with Crippen LogP contribution in [0.15, 0.2) is 15.8 Å². The molecule has 0 saturated carbocycles. The number of H-pyrrole nitrogens is 1. The Morgan fingerprint density at radius 2 is 2.21 bits per heavy atom. The third kappa shape index (κ3) is 2.22. The Kier molecular flexibility index (Phi) is 3.56. The molecule has 1 aromatic rings. The highest BCUT2D eigenvalue weighted by atomic mass is 32.2. The van der Waals surface area contributed by atoms with Crippen molar-refractivity contribution in [3.63, 3.8) is 0 Å². The number of aryl methyl sites for hydroxylation is 1. The number of alkyl halides is 1. The van der Waals surface area contributed by atoms with E-state index in [-0.39, 0.29) is 5.56 Å². The highest BCUT2D eigenvalue weighted by Gasteiger charge is 2.56. The van der Waals surface area contributed by atoms with Crippen molar-refractivity contribution >= 4 is 11.8 Å². The van der Waals surface area contributed by atoms with Crippen molar-refractivity contribution in [1.82, 2.24) is 9.55 Å². The molecule has 4 atom stereocenters. The third-order valence-electron chi connectivity index (χ3n) is 3.00. The summed E-state index contributed by atoms with van der Waals surface area (Å²) >= 11 is 0.723. The average Bonchev–Trinajstić information content (AvgIpc) is 2.56. The smallest absolute Gasteiger partial charge is 0.329 e. The van der Waals surface area contributed by atoms with Gasteiger partial charge in [-0.1, -0.05) is 0 Å². The summed E-state index contributed by atoms with van der Waals surface area (Å²) in [5.41, 5.74) is -1.33. The molecule has 7 nitrogen and oxygen atoms in total. The first-order chi connectivity index (χ1) is 8.78. The summed E-state index contributed by atoms with van der Waals surface area (Å²) in [4.78, 5) is 24.9. The van der Waals surface area contributed by atoms with Gasteiger partial charge in [-0.2, -0.15) is 0 Å². The maximum absolute atomic E-state index is 14.1. The number of halogens is 1. The Hall–Kier alpha value is -1.16. The van der Waals surface area contributed by atoms with Crippen molar-refractivity contribution < 1.29 is 19.7 Å². The van der Waals surface area contributed by atoms with Gasteiger partial charge in [-0.3, -0.25) is 14.3 Å². The van der Waals surface area contributed by atoms with Gasteiger partial charge in [0, 0.05) is 11.8 Å². The first kappa shape index (κ1) is 14.3. The Labute approximate surface area is 110 Å². The maximum atomic E-state index is 14.1. The van der Waals surface area contributed by atoms with Gasteiger partial charge >= 0.3 is 5.69 Å². The van der Waals surface area contributed by atoms with E-state index in [9.17, 15) is 24.2 Å². The number of rotatable bonds is 2. The number of aromatic amines is 1. The van der Waals surface area contributed by atoms with Crippen LogP contribution >= 0.6 is 11.8 Å². The molecule has 0 aliphatic carbocycles. The van der Waals surface area contributed by atoms with E-state index in [0.29, 0.717) is 0 Å². The van der Waals surface area contributed by atoms with Gasteiger partial charge in [-0.05, 0) is 6.92 Å². The van der Waals surface area contributed by atoms with Gasteiger partial charge in [0.15, 0.2) is 0 Å². The van der Waals surface area contributed by atoms with E-state index in [1.807, 2.05) is 4.98 Å². The van der Waals surface area contributed by atoms with Gasteiger partial charge in [-0.15, -0.1) is 11.8 Å². The number of nitrogens with one attached hydrogen (secondary N) is 1. The topological polar surface area (TPSA) is 116 Å². The molecule has 0 aromatic carbocycles. The lowest BCUT2D eigenvalue weighted by Gasteiger charge is -2.24. The SMILES string of the molecule is Cc1cn([C@@H]2S[C@H](CO)[C@@H](O)[C@@]2(O)F)c(=O)[nH]c1=O. The number of hydrogen-bond donors (Lipinski definition) is 4. The van der Waals surface area contributed by atoms with Gasteiger partial charge < -0.3 is 15.3 Å². The minimum Gasteiger partial charge on any atom is -0.395 e. The highest BCUT2D eigenvalue weighted by molar-refractivity contribution is 8.00. The molecule has 4 N–H and O–H groups in total. The Morgan fingerprint density at radius 1 is 1.58 bits per heavy atom. The second-order valence-electron chi connectivity index (χ2n) is 4.36. The van der Waals surface area contributed by atoms with Crippen LogP contribution in [0.3, 0.4) is 0 Å². The molecule has 0 amide bonds. The number of aliphatic hydroxyl groups excluding tert-OH is 2. The van der Waals surface area contributed by atoms with E-state index in [1.54, 1.807) is 0 Å². The van der Waals surface area contributed by atoms with E-state index in [4.69, 9.17) is 5.11 Å². The number of thioether (sulfide) groups is 1. The Bertz CT molecular complexity index is 598. The summed E-state index contributed by atoms with van der Waals surface area (Å²) in [6.07, 6.45) is -0.720. The Morgan fingerprint density at radius 3 is 2.74 bits per heavy atom. The summed E-state index contributed by atoms with van der Waals surface area (Å²) in [7, 11) is 0. The van der Waals surface area contributed by atoms with Crippen molar-refractivity contribution in [2.75, 3.05) is 6.61 Å². The summed E-state index contributed by atoms with van der Waals surface area (Å²) in [5, 5.41) is 25.8. The zero-order valence-corrected chi connectivity index (χ0v) is 10.7. The zero-order valence-electron chi connectivity index (χ0n) is 9.91. The first-order valence-corrected chi connectivity index (χ1v) is 6.41. The van der Waals surface area contributed by atoms with Crippen LogP contribution in [0.5, 0.6) is 0 Å². The molecule has 9 heteroatoms.